The van der Waals surface area contributed by atoms with Gasteiger partial charge in [0.15, 0.2) is 0 Å². The van der Waals surface area contributed by atoms with Crippen LogP contribution in [0, 0.1) is 25.6 Å². The number of nitrogens with zero attached hydrogens (tertiary/aromatic N) is 2. The van der Waals surface area contributed by atoms with E-state index in [0.717, 1.165) is 17.0 Å². The van der Waals surface area contributed by atoms with Crippen LogP contribution >= 0.6 is 11.6 Å². The Morgan fingerprint density at radius 2 is 2.14 bits per heavy atom. The van der Waals surface area contributed by atoms with Crippen molar-refractivity contribution in [3.8, 4) is 5.69 Å². The molecule has 0 aliphatic heterocycles. The van der Waals surface area contributed by atoms with E-state index in [1.165, 1.54) is 12.1 Å². The maximum Gasteiger partial charge on any atom is 0.306 e. The van der Waals surface area contributed by atoms with Crippen LogP contribution in [0.2, 0.25) is 5.02 Å². The van der Waals surface area contributed by atoms with Crippen molar-refractivity contribution in [1.29, 1.82) is 0 Å². The average molecular weight is 311 g/mol. The van der Waals surface area contributed by atoms with Gasteiger partial charge in [0.1, 0.15) is 5.82 Å². The third kappa shape index (κ3) is 3.08. The van der Waals surface area contributed by atoms with E-state index in [1.807, 2.05) is 13.8 Å². The summed E-state index contributed by atoms with van der Waals surface area (Å²) in [5.74, 6) is -1.86. The zero-order valence-electron chi connectivity index (χ0n) is 12.0. The topological polar surface area (TPSA) is 55.1 Å². The largest absolute Gasteiger partial charge is 0.481 e. The molecular weight excluding hydrogens is 295 g/mol. The van der Waals surface area contributed by atoms with Gasteiger partial charge in [0.05, 0.1) is 22.3 Å². The molecule has 0 amide bonds. The van der Waals surface area contributed by atoms with Gasteiger partial charge in [0.25, 0.3) is 0 Å². The van der Waals surface area contributed by atoms with E-state index >= 15 is 0 Å². The van der Waals surface area contributed by atoms with Crippen LogP contribution < -0.4 is 0 Å². The molecule has 4 nitrogen and oxygen atoms in total. The molecule has 0 aliphatic rings. The van der Waals surface area contributed by atoms with Crippen molar-refractivity contribution in [1.82, 2.24) is 9.78 Å². The molecule has 1 aromatic carbocycles. The Morgan fingerprint density at radius 3 is 2.71 bits per heavy atom. The number of rotatable bonds is 4. The molecule has 0 bridgehead atoms. The average Bonchev–Trinajstić information content (AvgIpc) is 2.69. The lowest BCUT2D eigenvalue weighted by atomic mass is 10.00. The molecule has 0 aliphatic carbocycles. The molecule has 1 aromatic heterocycles. The normalized spacial score (nSPS) is 12.4. The predicted molar refractivity (Wildman–Crippen MR) is 78.5 cm³/mol. The second-order valence-electron chi connectivity index (χ2n) is 5.10. The summed E-state index contributed by atoms with van der Waals surface area (Å²) in [5.41, 5.74) is 2.99. The Bertz CT molecular complexity index is 697. The molecule has 1 atom stereocenters. The maximum absolute atomic E-state index is 13.6. The van der Waals surface area contributed by atoms with E-state index in [1.54, 1.807) is 17.7 Å². The fourth-order valence-corrected chi connectivity index (χ4v) is 2.35. The van der Waals surface area contributed by atoms with Crippen molar-refractivity contribution in [3.63, 3.8) is 0 Å². The number of carbonyl (C=O) groups is 1. The van der Waals surface area contributed by atoms with E-state index in [9.17, 15) is 9.18 Å². The van der Waals surface area contributed by atoms with Crippen molar-refractivity contribution in [2.24, 2.45) is 5.92 Å². The van der Waals surface area contributed by atoms with E-state index in [4.69, 9.17) is 16.7 Å². The first-order chi connectivity index (χ1) is 9.81. The summed E-state index contributed by atoms with van der Waals surface area (Å²) in [5, 5.41) is 13.5. The summed E-state index contributed by atoms with van der Waals surface area (Å²) >= 11 is 5.68. The molecule has 0 radical (unpaired) electrons. The molecule has 0 fully saturated rings. The molecule has 112 valence electrons. The van der Waals surface area contributed by atoms with Crippen molar-refractivity contribution < 1.29 is 14.3 Å². The molecular formula is C15H16ClFN2O2. The molecule has 21 heavy (non-hydrogen) atoms. The van der Waals surface area contributed by atoms with Gasteiger partial charge in [-0.15, -0.1) is 0 Å². The van der Waals surface area contributed by atoms with Crippen molar-refractivity contribution >= 4 is 17.6 Å². The van der Waals surface area contributed by atoms with Gasteiger partial charge in [-0.25, -0.2) is 9.07 Å². The highest BCUT2D eigenvalue weighted by molar-refractivity contribution is 6.30. The lowest BCUT2D eigenvalue weighted by Gasteiger charge is -2.08. The van der Waals surface area contributed by atoms with Crippen molar-refractivity contribution in [2.45, 2.75) is 27.2 Å². The first-order valence-electron chi connectivity index (χ1n) is 6.54. The van der Waals surface area contributed by atoms with Gasteiger partial charge in [-0.2, -0.15) is 5.10 Å². The van der Waals surface area contributed by atoms with Crippen LogP contribution in [0.1, 0.15) is 23.9 Å². The number of carboxylic acid groups (broad SMARTS) is 1. The van der Waals surface area contributed by atoms with Gasteiger partial charge in [0, 0.05) is 11.8 Å². The van der Waals surface area contributed by atoms with Crippen LogP contribution in [0.25, 0.3) is 5.69 Å². The predicted octanol–water partition coefficient (Wildman–Crippen LogP) is 3.54. The smallest absolute Gasteiger partial charge is 0.306 e. The third-order valence-electron chi connectivity index (χ3n) is 3.52. The number of carboxylic acids is 1. The number of halogens is 2. The second-order valence-corrected chi connectivity index (χ2v) is 5.51. The van der Waals surface area contributed by atoms with Gasteiger partial charge >= 0.3 is 5.97 Å². The quantitative estimate of drug-likeness (QED) is 0.939. The molecule has 0 saturated carbocycles. The van der Waals surface area contributed by atoms with E-state index in [0.29, 0.717) is 12.1 Å². The Kier molecular flexibility index (Phi) is 4.32. The fourth-order valence-electron chi connectivity index (χ4n) is 2.23. The minimum atomic E-state index is -0.848. The van der Waals surface area contributed by atoms with Crippen LogP contribution in [-0.2, 0) is 11.2 Å². The first kappa shape index (κ1) is 15.5. The summed E-state index contributed by atoms with van der Waals surface area (Å²) in [6, 6.07) is 4.46. The lowest BCUT2D eigenvalue weighted by Crippen LogP contribution is -2.13. The van der Waals surface area contributed by atoms with Crippen LogP contribution in [0.3, 0.4) is 0 Å². The maximum atomic E-state index is 13.6. The fraction of sp³-hybridized carbons (Fsp3) is 0.333. The van der Waals surface area contributed by atoms with Gasteiger partial charge in [-0.1, -0.05) is 18.5 Å². The third-order valence-corrected chi connectivity index (χ3v) is 3.83. The Hall–Kier alpha value is -1.88. The zero-order chi connectivity index (χ0) is 15.7. The van der Waals surface area contributed by atoms with Gasteiger partial charge in [-0.3, -0.25) is 4.79 Å². The minimum Gasteiger partial charge on any atom is -0.481 e. The number of aromatic nitrogens is 2. The lowest BCUT2D eigenvalue weighted by molar-refractivity contribution is -0.141. The summed E-state index contributed by atoms with van der Waals surface area (Å²) in [7, 11) is 0. The van der Waals surface area contributed by atoms with Crippen LogP contribution in [-0.4, -0.2) is 20.9 Å². The minimum absolute atomic E-state index is 0.0556. The second kappa shape index (κ2) is 5.85. The molecule has 2 aromatic rings. The first-order valence-corrected chi connectivity index (χ1v) is 6.92. The van der Waals surface area contributed by atoms with Crippen LogP contribution in [0.15, 0.2) is 18.2 Å². The number of hydrogen-bond acceptors (Lipinski definition) is 2. The van der Waals surface area contributed by atoms with E-state index < -0.39 is 17.7 Å². The highest BCUT2D eigenvalue weighted by atomic mass is 35.5. The van der Waals surface area contributed by atoms with Crippen molar-refractivity contribution in [3.05, 3.63) is 46.0 Å². The molecule has 1 heterocycles. The highest BCUT2D eigenvalue weighted by Gasteiger charge is 2.19. The highest BCUT2D eigenvalue weighted by Crippen LogP contribution is 2.23. The van der Waals surface area contributed by atoms with Gasteiger partial charge in [-0.05, 0) is 38.0 Å². The molecule has 0 saturated heterocycles. The van der Waals surface area contributed by atoms with Gasteiger partial charge in [0.2, 0.25) is 0 Å². The summed E-state index contributed by atoms with van der Waals surface area (Å²) in [6.45, 7) is 5.32. The molecule has 1 unspecified atom stereocenters. The van der Waals surface area contributed by atoms with E-state index in [-0.39, 0.29) is 5.02 Å². The van der Waals surface area contributed by atoms with Crippen LogP contribution in [0.4, 0.5) is 4.39 Å². The molecule has 1 N–H and O–H groups in total. The number of hydrogen-bond donors (Lipinski definition) is 1. The molecule has 2 rings (SSSR count). The number of benzene rings is 1. The van der Waals surface area contributed by atoms with E-state index in [2.05, 4.69) is 5.10 Å². The van der Waals surface area contributed by atoms with Gasteiger partial charge < -0.3 is 5.11 Å². The monoisotopic (exact) mass is 310 g/mol. The Balaban J connectivity index is 2.43. The summed E-state index contributed by atoms with van der Waals surface area (Å²) < 4.78 is 15.2. The Labute approximate surface area is 127 Å². The SMILES string of the molecule is Cc1nn(-c2ccc(Cl)c(F)c2)c(C)c1CC(C)C(=O)O. The summed E-state index contributed by atoms with van der Waals surface area (Å²) in [4.78, 5) is 11.0. The zero-order valence-corrected chi connectivity index (χ0v) is 12.8. The number of aliphatic carboxylic acids is 1. The Morgan fingerprint density at radius 1 is 1.48 bits per heavy atom. The molecule has 0 spiro atoms. The van der Waals surface area contributed by atoms with Crippen molar-refractivity contribution in [2.75, 3.05) is 0 Å². The molecule has 6 heteroatoms. The summed E-state index contributed by atoms with van der Waals surface area (Å²) in [6.07, 6.45) is 0.392. The number of aryl methyl sites for hydroxylation is 1. The standard InChI is InChI=1S/C15H16ClFN2O2/c1-8(15(20)21)6-12-9(2)18-19(10(12)3)11-4-5-13(16)14(17)7-11/h4-5,7-8H,6H2,1-3H3,(H,20,21). The van der Waals surface area contributed by atoms with Crippen LogP contribution in [0.5, 0.6) is 0 Å².